The van der Waals surface area contributed by atoms with Gasteiger partial charge in [0, 0.05) is 42.4 Å². The molecule has 0 aliphatic carbocycles. The van der Waals surface area contributed by atoms with Crippen LogP contribution in [0.25, 0.3) is 0 Å². The second kappa shape index (κ2) is 11.2. The Kier molecular flexibility index (Phi) is 10.0. The summed E-state index contributed by atoms with van der Waals surface area (Å²) in [7, 11) is 0. The largest absolute Gasteiger partial charge is 0.371 e. The maximum Gasteiger partial charge on any atom is 0.191 e. The van der Waals surface area contributed by atoms with Gasteiger partial charge in [-0.05, 0) is 50.8 Å². The van der Waals surface area contributed by atoms with E-state index in [0.717, 1.165) is 43.0 Å². The smallest absolute Gasteiger partial charge is 0.191 e. The van der Waals surface area contributed by atoms with Crippen molar-refractivity contribution in [3.8, 4) is 0 Å². The number of hydrogen-bond acceptors (Lipinski definition) is 2. The molecule has 136 valence electrons. The fraction of sp³-hybridized carbons (Fsp3) is 0.611. The number of nitrogens with zero attached hydrogens (tertiary/aromatic N) is 2. The molecule has 2 atom stereocenters. The number of guanidine groups is 1. The van der Waals surface area contributed by atoms with E-state index in [1.54, 1.807) is 0 Å². The second-order valence-corrected chi connectivity index (χ2v) is 7.17. The van der Waals surface area contributed by atoms with Crippen LogP contribution in [0.1, 0.15) is 33.6 Å². The predicted octanol–water partition coefficient (Wildman–Crippen LogP) is 4.25. The minimum atomic E-state index is 0. The van der Waals surface area contributed by atoms with E-state index < -0.39 is 0 Å². The van der Waals surface area contributed by atoms with Crippen LogP contribution >= 0.6 is 39.9 Å². The average molecular weight is 509 g/mol. The molecule has 24 heavy (non-hydrogen) atoms. The van der Waals surface area contributed by atoms with Crippen molar-refractivity contribution in [1.82, 2.24) is 10.6 Å². The SMILES string of the molecule is CCNC(=NCC1CCN(c2cccc(Br)c2)C1)NC(C)CC.I. The van der Waals surface area contributed by atoms with E-state index in [1.165, 1.54) is 12.1 Å². The van der Waals surface area contributed by atoms with Crippen LogP contribution in [0.3, 0.4) is 0 Å². The van der Waals surface area contributed by atoms with Gasteiger partial charge in [-0.25, -0.2) is 0 Å². The first-order chi connectivity index (χ1) is 11.1. The maximum atomic E-state index is 4.79. The Morgan fingerprint density at radius 3 is 2.88 bits per heavy atom. The minimum absolute atomic E-state index is 0. The molecule has 0 saturated carbocycles. The first-order valence-electron chi connectivity index (χ1n) is 8.67. The lowest BCUT2D eigenvalue weighted by Gasteiger charge is -2.19. The van der Waals surface area contributed by atoms with Crippen molar-refractivity contribution in [2.24, 2.45) is 10.9 Å². The number of anilines is 1. The summed E-state index contributed by atoms with van der Waals surface area (Å²) in [5.74, 6) is 1.57. The Bertz CT molecular complexity index is 523. The molecule has 0 radical (unpaired) electrons. The minimum Gasteiger partial charge on any atom is -0.371 e. The van der Waals surface area contributed by atoms with Crippen LogP contribution in [-0.2, 0) is 0 Å². The fourth-order valence-corrected chi connectivity index (χ4v) is 3.15. The Morgan fingerprint density at radius 2 is 2.21 bits per heavy atom. The molecule has 2 unspecified atom stereocenters. The van der Waals surface area contributed by atoms with Crippen LogP contribution in [0, 0.1) is 5.92 Å². The molecular formula is C18H30BrIN4. The van der Waals surface area contributed by atoms with E-state index in [-0.39, 0.29) is 24.0 Å². The third kappa shape index (κ3) is 6.78. The average Bonchev–Trinajstić information content (AvgIpc) is 3.01. The van der Waals surface area contributed by atoms with E-state index >= 15 is 0 Å². The van der Waals surface area contributed by atoms with Crippen LogP contribution in [0.15, 0.2) is 33.7 Å². The molecule has 1 aromatic rings. The Balaban J connectivity index is 0.00000288. The van der Waals surface area contributed by atoms with Crippen LogP contribution < -0.4 is 15.5 Å². The highest BCUT2D eigenvalue weighted by molar-refractivity contribution is 14.0. The number of hydrogen-bond donors (Lipinski definition) is 2. The summed E-state index contributed by atoms with van der Waals surface area (Å²) in [4.78, 5) is 7.25. The maximum absolute atomic E-state index is 4.79. The summed E-state index contributed by atoms with van der Waals surface area (Å²) in [6, 6.07) is 9.01. The molecular weight excluding hydrogens is 479 g/mol. The molecule has 1 saturated heterocycles. The van der Waals surface area contributed by atoms with Crippen LogP contribution in [0.4, 0.5) is 5.69 Å². The molecule has 0 amide bonds. The van der Waals surface area contributed by atoms with Gasteiger partial charge in [-0.2, -0.15) is 0 Å². The summed E-state index contributed by atoms with van der Waals surface area (Å²) in [5, 5.41) is 6.80. The monoisotopic (exact) mass is 508 g/mol. The molecule has 2 rings (SSSR count). The molecule has 2 N–H and O–H groups in total. The molecule has 6 heteroatoms. The van der Waals surface area contributed by atoms with Crippen LogP contribution in [0.5, 0.6) is 0 Å². The topological polar surface area (TPSA) is 39.7 Å². The third-order valence-corrected chi connectivity index (χ3v) is 4.80. The van der Waals surface area contributed by atoms with Crippen LogP contribution in [-0.4, -0.2) is 38.2 Å². The number of halogens is 2. The van der Waals surface area contributed by atoms with Gasteiger partial charge >= 0.3 is 0 Å². The molecule has 0 spiro atoms. The van der Waals surface area contributed by atoms with E-state index in [9.17, 15) is 0 Å². The zero-order valence-corrected chi connectivity index (χ0v) is 18.8. The molecule has 4 nitrogen and oxygen atoms in total. The van der Waals surface area contributed by atoms with Gasteiger partial charge in [-0.15, -0.1) is 24.0 Å². The van der Waals surface area contributed by atoms with Crippen molar-refractivity contribution in [1.29, 1.82) is 0 Å². The molecule has 1 aliphatic heterocycles. The van der Waals surface area contributed by atoms with Crippen LogP contribution in [0.2, 0.25) is 0 Å². The van der Waals surface area contributed by atoms with E-state index in [0.29, 0.717) is 12.0 Å². The molecule has 0 bridgehead atoms. The van der Waals surface area contributed by atoms with Gasteiger partial charge in [-0.3, -0.25) is 4.99 Å². The van der Waals surface area contributed by atoms with Crippen molar-refractivity contribution < 1.29 is 0 Å². The van der Waals surface area contributed by atoms with Gasteiger partial charge < -0.3 is 15.5 Å². The van der Waals surface area contributed by atoms with Crippen molar-refractivity contribution in [3.63, 3.8) is 0 Å². The predicted molar refractivity (Wildman–Crippen MR) is 119 cm³/mol. The van der Waals surface area contributed by atoms with Crippen molar-refractivity contribution in [2.75, 3.05) is 31.1 Å². The van der Waals surface area contributed by atoms with Gasteiger partial charge in [0.15, 0.2) is 5.96 Å². The number of nitrogens with one attached hydrogen (secondary N) is 2. The van der Waals surface area contributed by atoms with Gasteiger partial charge in [0.05, 0.1) is 0 Å². The number of aliphatic imine (C=N–C) groups is 1. The first kappa shape index (κ1) is 21.5. The molecule has 1 fully saturated rings. The highest BCUT2D eigenvalue weighted by Gasteiger charge is 2.22. The summed E-state index contributed by atoms with van der Waals surface area (Å²) in [6.07, 6.45) is 2.31. The lowest BCUT2D eigenvalue weighted by atomic mass is 10.1. The van der Waals surface area contributed by atoms with Gasteiger partial charge in [-0.1, -0.05) is 28.9 Å². The summed E-state index contributed by atoms with van der Waals surface area (Å²) in [5.41, 5.74) is 1.30. The zero-order valence-electron chi connectivity index (χ0n) is 14.9. The van der Waals surface area contributed by atoms with E-state index in [2.05, 4.69) is 76.5 Å². The van der Waals surface area contributed by atoms with Gasteiger partial charge in [0.25, 0.3) is 0 Å². The van der Waals surface area contributed by atoms with Gasteiger partial charge in [0.2, 0.25) is 0 Å². The highest BCUT2D eigenvalue weighted by Crippen LogP contribution is 2.26. The highest BCUT2D eigenvalue weighted by atomic mass is 127. The lowest BCUT2D eigenvalue weighted by Crippen LogP contribution is -2.42. The van der Waals surface area contributed by atoms with Crippen molar-refractivity contribution >= 4 is 51.6 Å². The molecule has 0 aromatic heterocycles. The number of benzene rings is 1. The van der Waals surface area contributed by atoms with Gasteiger partial charge in [0.1, 0.15) is 0 Å². The zero-order chi connectivity index (χ0) is 16.7. The number of rotatable bonds is 6. The lowest BCUT2D eigenvalue weighted by molar-refractivity contribution is 0.587. The van der Waals surface area contributed by atoms with Crippen molar-refractivity contribution in [2.45, 2.75) is 39.7 Å². The van der Waals surface area contributed by atoms with E-state index in [4.69, 9.17) is 4.99 Å². The summed E-state index contributed by atoms with van der Waals surface area (Å²) < 4.78 is 1.14. The molecule has 1 aromatic carbocycles. The molecule has 1 aliphatic rings. The first-order valence-corrected chi connectivity index (χ1v) is 9.47. The van der Waals surface area contributed by atoms with E-state index in [1.807, 2.05) is 0 Å². The Hall–Kier alpha value is -0.500. The summed E-state index contributed by atoms with van der Waals surface area (Å²) >= 11 is 3.56. The quantitative estimate of drug-likeness (QED) is 0.343. The second-order valence-electron chi connectivity index (χ2n) is 6.25. The Labute approximate surface area is 172 Å². The molecule has 1 heterocycles. The normalized spacial score (nSPS) is 18.9. The third-order valence-electron chi connectivity index (χ3n) is 4.31. The van der Waals surface area contributed by atoms with Crippen molar-refractivity contribution in [3.05, 3.63) is 28.7 Å². The Morgan fingerprint density at radius 1 is 1.42 bits per heavy atom. The fourth-order valence-electron chi connectivity index (χ4n) is 2.76. The summed E-state index contributed by atoms with van der Waals surface area (Å²) in [6.45, 7) is 10.5. The standard InChI is InChI=1S/C18H29BrN4.HI/c1-4-14(3)22-18(20-5-2)21-12-15-9-10-23(13-15)17-8-6-7-16(19)11-17;/h6-8,11,14-15H,4-5,9-10,12-13H2,1-3H3,(H2,20,21,22);1H.